The van der Waals surface area contributed by atoms with Crippen LogP contribution in [-0.4, -0.2) is 11.5 Å². The fraction of sp³-hybridized carbons (Fsp3) is 0.188. The van der Waals surface area contributed by atoms with E-state index in [4.69, 9.17) is 0 Å². The van der Waals surface area contributed by atoms with E-state index in [1.54, 1.807) is 11.3 Å². The lowest BCUT2D eigenvalue weighted by Crippen LogP contribution is -2.21. The summed E-state index contributed by atoms with van der Waals surface area (Å²) < 4.78 is 1.17. The molecule has 0 saturated carbocycles. The molecule has 0 spiro atoms. The first kappa shape index (κ1) is 13.7. The number of aromatic nitrogens is 1. The molecule has 2 aromatic heterocycles. The number of halogens is 1. The number of nitrogens with one attached hydrogen (secondary N) is 1. The third kappa shape index (κ3) is 2.51. The predicted molar refractivity (Wildman–Crippen MR) is 89.3 cm³/mol. The number of hydrogen-bond donors (Lipinski definition) is 1. The zero-order chi connectivity index (χ0) is 13.9. The van der Waals surface area contributed by atoms with Gasteiger partial charge in [-0.25, -0.2) is 0 Å². The van der Waals surface area contributed by atoms with Gasteiger partial charge in [0.2, 0.25) is 0 Å². The molecule has 0 aliphatic carbocycles. The van der Waals surface area contributed by atoms with Crippen molar-refractivity contribution in [3.05, 3.63) is 63.0 Å². The molecular formula is C16H15BrN2S. The van der Waals surface area contributed by atoms with Crippen LogP contribution in [0.2, 0.25) is 0 Å². The van der Waals surface area contributed by atoms with Crippen molar-refractivity contribution in [3.63, 3.8) is 0 Å². The molecule has 1 aromatic carbocycles. The number of rotatable bonds is 4. The zero-order valence-corrected chi connectivity index (χ0v) is 13.5. The van der Waals surface area contributed by atoms with Gasteiger partial charge in [0.1, 0.15) is 0 Å². The highest BCUT2D eigenvalue weighted by atomic mass is 79.9. The molecule has 0 bridgehead atoms. The summed E-state index contributed by atoms with van der Waals surface area (Å²) in [6.07, 6.45) is 3.78. The van der Waals surface area contributed by atoms with E-state index in [9.17, 15) is 0 Å². The van der Waals surface area contributed by atoms with Crippen LogP contribution in [0, 0.1) is 0 Å². The Bertz CT molecular complexity index is 718. The van der Waals surface area contributed by atoms with Crippen LogP contribution >= 0.6 is 27.3 Å². The van der Waals surface area contributed by atoms with Gasteiger partial charge in [-0.3, -0.25) is 4.98 Å². The van der Waals surface area contributed by atoms with Crippen molar-refractivity contribution in [2.45, 2.75) is 13.0 Å². The van der Waals surface area contributed by atoms with Crippen molar-refractivity contribution in [2.75, 3.05) is 6.54 Å². The first-order chi connectivity index (χ1) is 9.81. The first-order valence-corrected chi connectivity index (χ1v) is 8.27. The standard InChI is InChI=1S/C16H15BrN2S/c1-2-19-15(16-14(17)7-9-20-16)13-5-3-4-11-10-18-8-6-12(11)13/h3-10,15,19H,2H2,1H3. The zero-order valence-electron chi connectivity index (χ0n) is 11.1. The van der Waals surface area contributed by atoms with Crippen LogP contribution in [0.3, 0.4) is 0 Å². The molecule has 2 heterocycles. The van der Waals surface area contributed by atoms with Crippen LogP contribution in [0.15, 0.2) is 52.6 Å². The van der Waals surface area contributed by atoms with Crippen molar-refractivity contribution in [3.8, 4) is 0 Å². The summed E-state index contributed by atoms with van der Waals surface area (Å²) in [5.41, 5.74) is 1.30. The van der Waals surface area contributed by atoms with Crippen LogP contribution in [-0.2, 0) is 0 Å². The molecule has 102 valence electrons. The molecule has 1 atom stereocenters. The molecule has 0 fully saturated rings. The lowest BCUT2D eigenvalue weighted by molar-refractivity contribution is 0.642. The molecule has 3 aromatic rings. The molecule has 0 aliphatic rings. The summed E-state index contributed by atoms with van der Waals surface area (Å²) in [6, 6.07) is 10.8. The maximum absolute atomic E-state index is 4.21. The highest BCUT2D eigenvalue weighted by Crippen LogP contribution is 2.35. The first-order valence-electron chi connectivity index (χ1n) is 6.60. The molecule has 20 heavy (non-hydrogen) atoms. The molecule has 0 amide bonds. The van der Waals surface area contributed by atoms with Gasteiger partial charge in [0.25, 0.3) is 0 Å². The van der Waals surface area contributed by atoms with Crippen molar-refractivity contribution in [2.24, 2.45) is 0 Å². The SMILES string of the molecule is CCNC(c1sccc1Br)c1cccc2cnccc12. The third-order valence-electron chi connectivity index (χ3n) is 3.34. The highest BCUT2D eigenvalue weighted by Gasteiger charge is 2.19. The molecule has 1 N–H and O–H groups in total. The van der Waals surface area contributed by atoms with E-state index in [0.29, 0.717) is 0 Å². The number of benzene rings is 1. The van der Waals surface area contributed by atoms with Gasteiger partial charge in [0.15, 0.2) is 0 Å². The summed E-state index contributed by atoms with van der Waals surface area (Å²) in [4.78, 5) is 5.53. The maximum Gasteiger partial charge on any atom is 0.0688 e. The van der Waals surface area contributed by atoms with Crippen LogP contribution in [0.1, 0.15) is 23.4 Å². The maximum atomic E-state index is 4.21. The highest BCUT2D eigenvalue weighted by molar-refractivity contribution is 9.10. The minimum Gasteiger partial charge on any atom is -0.306 e. The number of pyridine rings is 1. The Morgan fingerprint density at radius 1 is 1.30 bits per heavy atom. The van der Waals surface area contributed by atoms with E-state index in [2.05, 4.69) is 68.9 Å². The lowest BCUT2D eigenvalue weighted by atomic mass is 9.99. The van der Waals surface area contributed by atoms with E-state index >= 15 is 0 Å². The minimum atomic E-state index is 0.209. The van der Waals surface area contributed by atoms with Gasteiger partial charge in [-0.1, -0.05) is 25.1 Å². The van der Waals surface area contributed by atoms with Gasteiger partial charge >= 0.3 is 0 Å². The van der Waals surface area contributed by atoms with Gasteiger partial charge in [-0.15, -0.1) is 11.3 Å². The second-order valence-electron chi connectivity index (χ2n) is 4.57. The molecule has 0 saturated heterocycles. The van der Waals surface area contributed by atoms with Gasteiger partial charge in [-0.2, -0.15) is 0 Å². The monoisotopic (exact) mass is 346 g/mol. The largest absolute Gasteiger partial charge is 0.306 e. The van der Waals surface area contributed by atoms with Crippen molar-refractivity contribution in [1.29, 1.82) is 0 Å². The Kier molecular flexibility index (Phi) is 4.15. The molecule has 1 unspecified atom stereocenters. The van der Waals surface area contributed by atoms with Crippen LogP contribution in [0.5, 0.6) is 0 Å². The smallest absolute Gasteiger partial charge is 0.0688 e. The average Bonchev–Trinajstić information content (AvgIpc) is 2.90. The molecule has 4 heteroatoms. The lowest BCUT2D eigenvalue weighted by Gasteiger charge is -2.19. The van der Waals surface area contributed by atoms with Crippen LogP contribution in [0.4, 0.5) is 0 Å². The Balaban J connectivity index is 2.17. The van der Waals surface area contributed by atoms with E-state index in [1.807, 2.05) is 12.4 Å². The summed E-state index contributed by atoms with van der Waals surface area (Å²) in [6.45, 7) is 3.07. The second kappa shape index (κ2) is 6.04. The summed E-state index contributed by atoms with van der Waals surface area (Å²) in [5, 5.41) is 8.15. The average molecular weight is 347 g/mol. The van der Waals surface area contributed by atoms with Gasteiger partial charge < -0.3 is 5.32 Å². The number of fused-ring (bicyclic) bond motifs is 1. The van der Waals surface area contributed by atoms with Crippen molar-refractivity contribution < 1.29 is 0 Å². The van der Waals surface area contributed by atoms with Crippen LogP contribution < -0.4 is 5.32 Å². The molecule has 0 aliphatic heterocycles. The fourth-order valence-electron chi connectivity index (χ4n) is 2.46. The number of nitrogens with zero attached hydrogens (tertiary/aromatic N) is 1. The van der Waals surface area contributed by atoms with E-state index < -0.39 is 0 Å². The van der Waals surface area contributed by atoms with Crippen LogP contribution in [0.25, 0.3) is 10.8 Å². The Hall–Kier alpha value is -1.23. The van der Waals surface area contributed by atoms with Crippen molar-refractivity contribution in [1.82, 2.24) is 10.3 Å². The Labute approximate surface area is 131 Å². The second-order valence-corrected chi connectivity index (χ2v) is 6.37. The summed E-state index contributed by atoms with van der Waals surface area (Å²) in [7, 11) is 0. The summed E-state index contributed by atoms with van der Waals surface area (Å²) in [5.74, 6) is 0. The normalized spacial score (nSPS) is 12.7. The van der Waals surface area contributed by atoms with Crippen molar-refractivity contribution >= 4 is 38.0 Å². The minimum absolute atomic E-state index is 0.209. The Morgan fingerprint density at radius 3 is 2.95 bits per heavy atom. The summed E-state index contributed by atoms with van der Waals surface area (Å²) >= 11 is 5.43. The number of thiophene rings is 1. The molecule has 3 rings (SSSR count). The van der Waals surface area contributed by atoms with E-state index in [-0.39, 0.29) is 6.04 Å². The molecule has 2 nitrogen and oxygen atoms in total. The fourth-order valence-corrected chi connectivity index (χ4v) is 4.15. The van der Waals surface area contributed by atoms with E-state index in [0.717, 1.165) is 6.54 Å². The quantitative estimate of drug-likeness (QED) is 0.736. The predicted octanol–water partition coefficient (Wildman–Crippen LogP) is 4.76. The number of hydrogen-bond acceptors (Lipinski definition) is 3. The third-order valence-corrected chi connectivity index (χ3v) is 5.28. The Morgan fingerprint density at radius 2 is 2.20 bits per heavy atom. The molecule has 0 radical (unpaired) electrons. The van der Waals surface area contributed by atoms with Gasteiger partial charge in [0, 0.05) is 27.1 Å². The topological polar surface area (TPSA) is 24.9 Å². The van der Waals surface area contributed by atoms with Gasteiger partial charge in [-0.05, 0) is 50.9 Å². The molecular weight excluding hydrogens is 332 g/mol. The van der Waals surface area contributed by atoms with Gasteiger partial charge in [0.05, 0.1) is 6.04 Å². The van der Waals surface area contributed by atoms with E-state index in [1.165, 1.54) is 25.7 Å².